The Morgan fingerprint density at radius 1 is 0.824 bits per heavy atom. The zero-order valence-corrected chi connectivity index (χ0v) is 12.8. The second-order valence-electron chi connectivity index (χ2n) is 8.45. The van der Waals surface area contributed by atoms with Gasteiger partial charge in [-0.25, -0.2) is 0 Å². The van der Waals surface area contributed by atoms with Crippen molar-refractivity contribution in [2.75, 3.05) is 26.2 Å². The minimum absolute atomic E-state index is 0.333. The summed E-state index contributed by atoms with van der Waals surface area (Å²) in [5.74, 6) is 0.862. The first-order chi connectivity index (χ1) is 7.52. The van der Waals surface area contributed by atoms with Gasteiger partial charge in [0, 0.05) is 37.3 Å². The molecule has 0 atom stereocenters. The molecule has 2 aliphatic heterocycles. The molecule has 0 spiro atoms. The molecule has 17 heavy (non-hydrogen) atoms. The number of hydrogen-bond acceptors (Lipinski definition) is 2. The maximum atomic E-state index is 2.68. The maximum Gasteiger partial charge on any atom is 0.0125 e. The summed E-state index contributed by atoms with van der Waals surface area (Å²) in [5.41, 5.74) is 1.18. The molecule has 0 bridgehead atoms. The van der Waals surface area contributed by atoms with Crippen molar-refractivity contribution in [3.8, 4) is 0 Å². The summed E-state index contributed by atoms with van der Waals surface area (Å²) in [6.45, 7) is 21.7. The fourth-order valence-electron chi connectivity index (χ4n) is 3.36. The Hall–Kier alpha value is -0.0800. The lowest BCUT2D eigenvalue weighted by molar-refractivity contribution is 0.105. The molecule has 2 fully saturated rings. The molecule has 0 amide bonds. The zero-order valence-electron chi connectivity index (χ0n) is 12.8. The first-order valence-corrected chi connectivity index (χ1v) is 7.02. The van der Waals surface area contributed by atoms with Crippen molar-refractivity contribution < 1.29 is 0 Å². The summed E-state index contributed by atoms with van der Waals surface area (Å²) >= 11 is 0. The van der Waals surface area contributed by atoms with Gasteiger partial charge in [0.1, 0.15) is 0 Å². The first kappa shape index (κ1) is 13.4. The highest BCUT2D eigenvalue weighted by Gasteiger charge is 2.52. The summed E-state index contributed by atoms with van der Waals surface area (Å²) in [6.07, 6.45) is 0. The van der Waals surface area contributed by atoms with E-state index in [0.717, 1.165) is 5.92 Å². The molecule has 2 rings (SSSR count). The molecule has 2 aliphatic rings. The van der Waals surface area contributed by atoms with Crippen LogP contribution in [-0.2, 0) is 0 Å². The van der Waals surface area contributed by atoms with E-state index in [4.69, 9.17) is 0 Å². The molecule has 2 nitrogen and oxygen atoms in total. The molecule has 2 heterocycles. The number of fused-ring (bicyclic) bond motifs is 1. The Morgan fingerprint density at radius 3 is 1.41 bits per heavy atom. The summed E-state index contributed by atoms with van der Waals surface area (Å²) in [6, 6.07) is 0. The average Bonchev–Trinajstić information content (AvgIpc) is 2.52. The maximum absolute atomic E-state index is 2.68. The van der Waals surface area contributed by atoms with Gasteiger partial charge in [0.2, 0.25) is 0 Å². The van der Waals surface area contributed by atoms with Gasteiger partial charge in [-0.05, 0) is 52.9 Å². The third-order valence-corrected chi connectivity index (χ3v) is 4.87. The smallest absolute Gasteiger partial charge is 0.0125 e. The van der Waals surface area contributed by atoms with E-state index in [2.05, 4.69) is 58.3 Å². The van der Waals surface area contributed by atoms with E-state index >= 15 is 0 Å². The van der Waals surface area contributed by atoms with Crippen molar-refractivity contribution in [2.24, 2.45) is 11.3 Å². The topological polar surface area (TPSA) is 6.48 Å². The molecule has 100 valence electrons. The summed E-state index contributed by atoms with van der Waals surface area (Å²) in [7, 11) is 0. The third-order valence-electron chi connectivity index (χ3n) is 4.87. The van der Waals surface area contributed by atoms with Crippen molar-refractivity contribution >= 4 is 0 Å². The van der Waals surface area contributed by atoms with Gasteiger partial charge in [-0.15, -0.1) is 0 Å². The van der Waals surface area contributed by atoms with Crippen LogP contribution in [0.3, 0.4) is 0 Å². The minimum atomic E-state index is 0.333. The summed E-state index contributed by atoms with van der Waals surface area (Å²) in [5, 5.41) is 0. The van der Waals surface area contributed by atoms with Crippen LogP contribution >= 0.6 is 0 Å². The van der Waals surface area contributed by atoms with Crippen LogP contribution < -0.4 is 0 Å². The van der Waals surface area contributed by atoms with E-state index in [1.165, 1.54) is 26.2 Å². The minimum Gasteiger partial charge on any atom is -0.298 e. The van der Waals surface area contributed by atoms with Gasteiger partial charge < -0.3 is 0 Å². The number of likely N-dealkylation sites (tertiary alicyclic amines) is 2. The van der Waals surface area contributed by atoms with Crippen molar-refractivity contribution in [2.45, 2.75) is 59.5 Å². The van der Waals surface area contributed by atoms with E-state index in [1.54, 1.807) is 0 Å². The Labute approximate surface area is 107 Å². The Bertz CT molecular complexity index is 269. The van der Waals surface area contributed by atoms with Gasteiger partial charge in [0.05, 0.1) is 0 Å². The molecular formula is C15H30N2. The van der Waals surface area contributed by atoms with Gasteiger partial charge in [0.25, 0.3) is 0 Å². The van der Waals surface area contributed by atoms with E-state index in [1.807, 2.05) is 0 Å². The average molecular weight is 238 g/mol. The van der Waals surface area contributed by atoms with Gasteiger partial charge in [-0.2, -0.15) is 0 Å². The SMILES string of the molecule is CC(C)(C)N1C[C@H]2CN(C(C)(C)C)C[C@@]2(C)C1. The lowest BCUT2D eigenvalue weighted by Gasteiger charge is -2.37. The molecule has 0 unspecified atom stereocenters. The fraction of sp³-hybridized carbons (Fsp3) is 1.00. The Balaban J connectivity index is 2.08. The van der Waals surface area contributed by atoms with Crippen LogP contribution in [0.1, 0.15) is 48.5 Å². The van der Waals surface area contributed by atoms with E-state index in [9.17, 15) is 0 Å². The first-order valence-electron chi connectivity index (χ1n) is 7.02. The third kappa shape index (κ3) is 2.39. The second kappa shape index (κ2) is 3.71. The van der Waals surface area contributed by atoms with Crippen molar-refractivity contribution in [1.82, 2.24) is 9.80 Å². The molecule has 2 saturated heterocycles. The normalized spacial score (nSPS) is 36.5. The predicted octanol–water partition coefficient (Wildman–Crippen LogP) is 2.84. The molecule has 0 aromatic heterocycles. The highest BCUT2D eigenvalue weighted by Crippen LogP contribution is 2.45. The zero-order chi connectivity index (χ0) is 13.1. The van der Waals surface area contributed by atoms with Crippen molar-refractivity contribution in [1.29, 1.82) is 0 Å². The van der Waals surface area contributed by atoms with Gasteiger partial charge in [0.15, 0.2) is 0 Å². The molecule has 2 heteroatoms. The largest absolute Gasteiger partial charge is 0.298 e. The highest BCUT2D eigenvalue weighted by atomic mass is 15.3. The molecular weight excluding hydrogens is 208 g/mol. The van der Waals surface area contributed by atoms with Crippen LogP contribution in [0.15, 0.2) is 0 Å². The fourth-order valence-corrected chi connectivity index (χ4v) is 3.36. The lowest BCUT2D eigenvalue weighted by Crippen LogP contribution is -2.46. The number of rotatable bonds is 0. The van der Waals surface area contributed by atoms with Crippen LogP contribution in [0.5, 0.6) is 0 Å². The van der Waals surface area contributed by atoms with Gasteiger partial charge in [-0.3, -0.25) is 9.80 Å². The number of nitrogens with zero attached hydrogens (tertiary/aromatic N) is 2. The summed E-state index contributed by atoms with van der Waals surface area (Å²) in [4.78, 5) is 5.36. The standard InChI is InChI=1S/C15H30N2/c1-13(2,3)16-8-12-9-17(14(4,5)6)11-15(12,7)10-16/h12H,8-11H2,1-7H3/t12-,15+. The van der Waals surface area contributed by atoms with Crippen molar-refractivity contribution in [3.63, 3.8) is 0 Å². The Kier molecular flexibility index (Phi) is 2.91. The monoisotopic (exact) mass is 238 g/mol. The van der Waals surface area contributed by atoms with E-state index < -0.39 is 0 Å². The van der Waals surface area contributed by atoms with Crippen LogP contribution in [0.4, 0.5) is 0 Å². The number of hydrogen-bond donors (Lipinski definition) is 0. The molecule has 0 aromatic rings. The van der Waals surface area contributed by atoms with Crippen LogP contribution in [-0.4, -0.2) is 47.1 Å². The second-order valence-corrected chi connectivity index (χ2v) is 8.45. The quantitative estimate of drug-likeness (QED) is 0.640. The van der Waals surface area contributed by atoms with Crippen LogP contribution in [0.25, 0.3) is 0 Å². The van der Waals surface area contributed by atoms with Gasteiger partial charge in [-0.1, -0.05) is 6.92 Å². The Morgan fingerprint density at radius 2 is 1.18 bits per heavy atom. The summed E-state index contributed by atoms with van der Waals surface area (Å²) < 4.78 is 0. The highest BCUT2D eigenvalue weighted by molar-refractivity contribution is 5.05. The van der Waals surface area contributed by atoms with E-state index in [-0.39, 0.29) is 0 Å². The molecule has 0 radical (unpaired) electrons. The molecule has 0 aliphatic carbocycles. The lowest BCUT2D eigenvalue weighted by atomic mass is 9.83. The predicted molar refractivity (Wildman–Crippen MR) is 74.2 cm³/mol. The van der Waals surface area contributed by atoms with Gasteiger partial charge >= 0.3 is 0 Å². The molecule has 0 saturated carbocycles. The van der Waals surface area contributed by atoms with Crippen LogP contribution in [0.2, 0.25) is 0 Å². The van der Waals surface area contributed by atoms with Crippen molar-refractivity contribution in [3.05, 3.63) is 0 Å². The van der Waals surface area contributed by atoms with Crippen LogP contribution in [0, 0.1) is 11.3 Å². The molecule has 0 aromatic carbocycles. The van der Waals surface area contributed by atoms with E-state index in [0.29, 0.717) is 16.5 Å². The molecule has 0 N–H and O–H groups in total.